The summed E-state index contributed by atoms with van der Waals surface area (Å²) >= 11 is 0. The van der Waals surface area contributed by atoms with Crippen molar-refractivity contribution in [3.63, 3.8) is 0 Å². The van der Waals surface area contributed by atoms with Crippen LogP contribution < -0.4 is 5.32 Å². The van der Waals surface area contributed by atoms with Crippen LogP contribution in [0.4, 0.5) is 0 Å². The third-order valence-electron chi connectivity index (χ3n) is 2.67. The van der Waals surface area contributed by atoms with Crippen molar-refractivity contribution in [2.45, 2.75) is 26.4 Å². The van der Waals surface area contributed by atoms with Crippen LogP contribution in [0.3, 0.4) is 0 Å². The maximum absolute atomic E-state index is 11.3. The summed E-state index contributed by atoms with van der Waals surface area (Å²) in [5.41, 5.74) is 0.402. The van der Waals surface area contributed by atoms with Gasteiger partial charge in [-0.1, -0.05) is 0 Å². The van der Waals surface area contributed by atoms with Gasteiger partial charge in [0.05, 0.1) is 31.5 Å². The van der Waals surface area contributed by atoms with E-state index in [4.69, 9.17) is 8.83 Å². The molecule has 0 aliphatic heterocycles. The molecular weight excluding hydrogens is 248 g/mol. The smallest absolute Gasteiger partial charge is 0.341 e. The first-order valence-electron chi connectivity index (χ1n) is 5.91. The van der Waals surface area contributed by atoms with E-state index in [1.807, 2.05) is 13.8 Å². The second kappa shape index (κ2) is 5.71. The summed E-state index contributed by atoms with van der Waals surface area (Å²) < 4.78 is 15.3. The number of oxazole rings is 1. The number of hydrogen-bond acceptors (Lipinski definition) is 6. The van der Waals surface area contributed by atoms with Crippen LogP contribution in [-0.2, 0) is 11.3 Å². The van der Waals surface area contributed by atoms with Gasteiger partial charge in [0, 0.05) is 0 Å². The van der Waals surface area contributed by atoms with E-state index < -0.39 is 5.97 Å². The third-order valence-corrected chi connectivity index (χ3v) is 2.67. The molecule has 0 aromatic carbocycles. The monoisotopic (exact) mass is 264 g/mol. The van der Waals surface area contributed by atoms with E-state index in [0.29, 0.717) is 23.8 Å². The zero-order valence-corrected chi connectivity index (χ0v) is 11.1. The lowest BCUT2D eigenvalue weighted by Crippen LogP contribution is -2.18. The topological polar surface area (TPSA) is 77.5 Å². The van der Waals surface area contributed by atoms with Crippen molar-refractivity contribution >= 4 is 5.97 Å². The Balaban J connectivity index is 1.91. The number of aryl methyl sites for hydroxylation is 1. The number of aromatic nitrogens is 1. The quantitative estimate of drug-likeness (QED) is 0.834. The molecule has 19 heavy (non-hydrogen) atoms. The highest BCUT2D eigenvalue weighted by Gasteiger charge is 2.13. The minimum atomic E-state index is -0.411. The summed E-state index contributed by atoms with van der Waals surface area (Å²) in [4.78, 5) is 15.4. The predicted octanol–water partition coefficient (Wildman–Crippen LogP) is 2.21. The standard InChI is InChI=1S/C13H16N2O4/c1-8-5-15-12(19-8)9(2)14-6-11-4-10(7-18-11)13(16)17-3/h4-5,7,9,14H,6H2,1-3H3. The second-order valence-corrected chi connectivity index (χ2v) is 4.21. The van der Waals surface area contributed by atoms with Gasteiger partial charge in [0.25, 0.3) is 0 Å². The minimum Gasteiger partial charge on any atom is -0.467 e. The van der Waals surface area contributed by atoms with Gasteiger partial charge in [-0.3, -0.25) is 5.32 Å². The fraction of sp³-hybridized carbons (Fsp3) is 0.385. The summed E-state index contributed by atoms with van der Waals surface area (Å²) in [5.74, 6) is 1.63. The van der Waals surface area contributed by atoms with Crippen molar-refractivity contribution in [3.05, 3.63) is 41.5 Å². The first-order valence-corrected chi connectivity index (χ1v) is 5.91. The zero-order valence-electron chi connectivity index (χ0n) is 11.1. The van der Waals surface area contributed by atoms with Gasteiger partial charge < -0.3 is 13.6 Å². The van der Waals surface area contributed by atoms with Crippen LogP contribution in [0, 0.1) is 6.92 Å². The van der Waals surface area contributed by atoms with Gasteiger partial charge in [0.15, 0.2) is 0 Å². The van der Waals surface area contributed by atoms with Gasteiger partial charge in [-0.2, -0.15) is 0 Å². The van der Waals surface area contributed by atoms with Crippen molar-refractivity contribution in [2.24, 2.45) is 0 Å². The molecule has 1 atom stereocenters. The molecule has 2 heterocycles. The van der Waals surface area contributed by atoms with Crippen molar-refractivity contribution < 1.29 is 18.4 Å². The van der Waals surface area contributed by atoms with Crippen molar-refractivity contribution in [1.29, 1.82) is 0 Å². The Labute approximate surface area is 110 Å². The molecule has 0 saturated heterocycles. The van der Waals surface area contributed by atoms with E-state index in [1.54, 1.807) is 12.3 Å². The molecule has 6 heteroatoms. The van der Waals surface area contributed by atoms with Crippen LogP contribution in [0.25, 0.3) is 0 Å². The molecule has 102 valence electrons. The molecule has 0 amide bonds. The lowest BCUT2D eigenvalue weighted by Gasteiger charge is -2.08. The van der Waals surface area contributed by atoms with Crippen molar-refractivity contribution in [2.75, 3.05) is 7.11 Å². The van der Waals surface area contributed by atoms with Gasteiger partial charge >= 0.3 is 5.97 Å². The van der Waals surface area contributed by atoms with Gasteiger partial charge in [-0.15, -0.1) is 0 Å². The lowest BCUT2D eigenvalue weighted by atomic mass is 10.3. The Hall–Kier alpha value is -2.08. The van der Waals surface area contributed by atoms with Gasteiger partial charge in [0.2, 0.25) is 5.89 Å². The minimum absolute atomic E-state index is 0.0413. The number of carbonyl (C=O) groups is 1. The Morgan fingerprint density at radius 1 is 1.58 bits per heavy atom. The van der Waals surface area contributed by atoms with E-state index in [1.165, 1.54) is 13.4 Å². The maximum Gasteiger partial charge on any atom is 0.341 e. The molecule has 6 nitrogen and oxygen atoms in total. The van der Waals surface area contributed by atoms with E-state index >= 15 is 0 Å². The van der Waals surface area contributed by atoms with Crippen LogP contribution in [0.5, 0.6) is 0 Å². The molecule has 2 aromatic rings. The number of rotatable bonds is 5. The number of nitrogens with zero attached hydrogens (tertiary/aromatic N) is 1. The highest BCUT2D eigenvalue weighted by molar-refractivity contribution is 5.88. The Morgan fingerprint density at radius 3 is 3.00 bits per heavy atom. The number of furan rings is 1. The van der Waals surface area contributed by atoms with E-state index in [2.05, 4.69) is 15.0 Å². The summed E-state index contributed by atoms with van der Waals surface area (Å²) in [6.07, 6.45) is 3.05. The zero-order chi connectivity index (χ0) is 13.8. The molecular formula is C13H16N2O4. The summed E-state index contributed by atoms with van der Waals surface area (Å²) in [6, 6.07) is 1.60. The number of methoxy groups -OCH3 is 1. The van der Waals surface area contributed by atoms with Crippen molar-refractivity contribution in [1.82, 2.24) is 10.3 Å². The van der Waals surface area contributed by atoms with Gasteiger partial charge in [-0.25, -0.2) is 9.78 Å². The summed E-state index contributed by atoms with van der Waals surface area (Å²) in [7, 11) is 1.33. The number of ether oxygens (including phenoxy) is 1. The third kappa shape index (κ3) is 3.23. The average Bonchev–Trinajstić information content (AvgIpc) is 3.04. The van der Waals surface area contributed by atoms with Gasteiger partial charge in [-0.05, 0) is 19.9 Å². The second-order valence-electron chi connectivity index (χ2n) is 4.21. The first-order chi connectivity index (χ1) is 9.10. The van der Waals surface area contributed by atoms with Crippen LogP contribution in [0.2, 0.25) is 0 Å². The highest BCUT2D eigenvalue weighted by Crippen LogP contribution is 2.14. The number of carbonyl (C=O) groups excluding carboxylic acids is 1. The van der Waals surface area contributed by atoms with E-state index in [-0.39, 0.29) is 6.04 Å². The average molecular weight is 264 g/mol. The number of hydrogen-bond donors (Lipinski definition) is 1. The van der Waals surface area contributed by atoms with Gasteiger partial charge in [0.1, 0.15) is 17.8 Å². The molecule has 0 spiro atoms. The Bertz CT molecular complexity index is 558. The van der Waals surface area contributed by atoms with Crippen molar-refractivity contribution in [3.8, 4) is 0 Å². The largest absolute Gasteiger partial charge is 0.467 e. The van der Waals surface area contributed by atoms with Crippen LogP contribution in [0.1, 0.15) is 40.7 Å². The van der Waals surface area contributed by atoms with Crippen LogP contribution in [0.15, 0.2) is 27.4 Å². The summed E-state index contributed by atoms with van der Waals surface area (Å²) in [6.45, 7) is 4.26. The molecule has 1 N–H and O–H groups in total. The molecule has 0 aliphatic carbocycles. The number of nitrogens with one attached hydrogen (secondary N) is 1. The Morgan fingerprint density at radius 2 is 2.37 bits per heavy atom. The Kier molecular flexibility index (Phi) is 4.01. The molecule has 2 aromatic heterocycles. The molecule has 2 rings (SSSR count). The fourth-order valence-corrected chi connectivity index (χ4v) is 1.61. The highest BCUT2D eigenvalue weighted by atomic mass is 16.5. The van der Waals surface area contributed by atoms with Crippen LogP contribution in [-0.4, -0.2) is 18.1 Å². The lowest BCUT2D eigenvalue weighted by molar-refractivity contribution is 0.0600. The number of esters is 1. The molecule has 0 bridgehead atoms. The molecule has 0 fully saturated rings. The van der Waals surface area contributed by atoms with Crippen LogP contribution >= 0.6 is 0 Å². The van der Waals surface area contributed by atoms with E-state index in [0.717, 1.165) is 5.76 Å². The SMILES string of the molecule is COC(=O)c1coc(CNC(C)c2ncc(C)o2)c1. The normalized spacial score (nSPS) is 12.4. The molecule has 1 unspecified atom stereocenters. The molecule has 0 saturated carbocycles. The predicted molar refractivity (Wildman–Crippen MR) is 66.5 cm³/mol. The maximum atomic E-state index is 11.3. The fourth-order valence-electron chi connectivity index (χ4n) is 1.61. The molecule has 0 radical (unpaired) electrons. The summed E-state index contributed by atoms with van der Waals surface area (Å²) in [5, 5.41) is 3.20. The first kappa shape index (κ1) is 13.4. The van der Waals surface area contributed by atoms with E-state index in [9.17, 15) is 4.79 Å². The molecule has 0 aliphatic rings.